The molecule has 0 aliphatic rings. The SMILES string of the molecule is CNc1ccc(N)c(C(=O)O)n1. The van der Waals surface area contributed by atoms with Gasteiger partial charge in [0, 0.05) is 7.05 Å². The number of nitrogens with one attached hydrogen (secondary N) is 1. The van der Waals surface area contributed by atoms with Crippen LogP contribution in [0.4, 0.5) is 11.5 Å². The predicted octanol–water partition coefficient (Wildman–Crippen LogP) is 0.404. The Kier molecular flexibility index (Phi) is 2.14. The minimum atomic E-state index is -1.12. The van der Waals surface area contributed by atoms with Crippen LogP contribution in [0.5, 0.6) is 0 Å². The van der Waals surface area contributed by atoms with E-state index in [0.29, 0.717) is 5.82 Å². The summed E-state index contributed by atoms with van der Waals surface area (Å²) in [5, 5.41) is 11.3. The van der Waals surface area contributed by atoms with E-state index in [4.69, 9.17) is 10.8 Å². The Morgan fingerprint density at radius 1 is 1.67 bits per heavy atom. The van der Waals surface area contributed by atoms with Gasteiger partial charge in [-0.25, -0.2) is 9.78 Å². The average molecular weight is 167 g/mol. The highest BCUT2D eigenvalue weighted by molar-refractivity contribution is 5.91. The number of nitrogen functional groups attached to an aromatic ring is 1. The number of nitrogens with two attached hydrogens (primary N) is 1. The number of pyridine rings is 1. The molecule has 12 heavy (non-hydrogen) atoms. The van der Waals surface area contributed by atoms with E-state index in [0.717, 1.165) is 0 Å². The van der Waals surface area contributed by atoms with Gasteiger partial charge in [0.2, 0.25) is 0 Å². The van der Waals surface area contributed by atoms with Crippen LogP contribution in [0.1, 0.15) is 10.5 Å². The summed E-state index contributed by atoms with van der Waals surface area (Å²) >= 11 is 0. The summed E-state index contributed by atoms with van der Waals surface area (Å²) in [5.41, 5.74) is 5.42. The lowest BCUT2D eigenvalue weighted by Gasteiger charge is -2.02. The van der Waals surface area contributed by atoms with Crippen LogP contribution < -0.4 is 11.1 Å². The molecule has 0 saturated heterocycles. The first kappa shape index (κ1) is 8.32. The molecule has 0 saturated carbocycles. The van der Waals surface area contributed by atoms with Crippen molar-refractivity contribution >= 4 is 17.5 Å². The van der Waals surface area contributed by atoms with Crippen molar-refractivity contribution in [2.75, 3.05) is 18.1 Å². The van der Waals surface area contributed by atoms with Crippen LogP contribution in [0.3, 0.4) is 0 Å². The van der Waals surface area contributed by atoms with Gasteiger partial charge in [0.15, 0.2) is 5.69 Å². The Hall–Kier alpha value is -1.78. The van der Waals surface area contributed by atoms with E-state index in [1.54, 1.807) is 13.1 Å². The maximum absolute atomic E-state index is 10.5. The minimum Gasteiger partial charge on any atom is -0.476 e. The third-order valence-corrected chi connectivity index (χ3v) is 1.39. The fourth-order valence-electron chi connectivity index (χ4n) is 0.780. The van der Waals surface area contributed by atoms with Gasteiger partial charge in [-0.2, -0.15) is 0 Å². The quantitative estimate of drug-likeness (QED) is 0.593. The van der Waals surface area contributed by atoms with Crippen LogP contribution in [0.2, 0.25) is 0 Å². The molecule has 64 valence electrons. The summed E-state index contributed by atoms with van der Waals surface area (Å²) in [5.74, 6) is -0.633. The van der Waals surface area contributed by atoms with Gasteiger partial charge >= 0.3 is 5.97 Å². The van der Waals surface area contributed by atoms with Crippen LogP contribution in [0.25, 0.3) is 0 Å². The highest BCUT2D eigenvalue weighted by atomic mass is 16.4. The number of rotatable bonds is 2. The lowest BCUT2D eigenvalue weighted by molar-refractivity contribution is 0.0692. The molecule has 0 aromatic carbocycles. The van der Waals surface area contributed by atoms with E-state index >= 15 is 0 Å². The van der Waals surface area contributed by atoms with E-state index in [1.807, 2.05) is 0 Å². The molecule has 0 atom stereocenters. The van der Waals surface area contributed by atoms with Crippen LogP contribution in [0.15, 0.2) is 12.1 Å². The summed E-state index contributed by atoms with van der Waals surface area (Å²) in [6.07, 6.45) is 0. The van der Waals surface area contributed by atoms with Gasteiger partial charge in [0.05, 0.1) is 5.69 Å². The lowest BCUT2D eigenvalue weighted by atomic mass is 10.3. The normalized spacial score (nSPS) is 9.42. The number of carboxylic acids is 1. The molecule has 5 nitrogen and oxygen atoms in total. The first-order valence-corrected chi connectivity index (χ1v) is 3.32. The van der Waals surface area contributed by atoms with Gasteiger partial charge in [0.25, 0.3) is 0 Å². The zero-order valence-corrected chi connectivity index (χ0v) is 6.53. The second-order valence-corrected chi connectivity index (χ2v) is 2.19. The summed E-state index contributed by atoms with van der Waals surface area (Å²) in [7, 11) is 1.66. The average Bonchev–Trinajstić information content (AvgIpc) is 2.05. The van der Waals surface area contributed by atoms with E-state index in [1.165, 1.54) is 6.07 Å². The van der Waals surface area contributed by atoms with Crippen molar-refractivity contribution in [1.29, 1.82) is 0 Å². The maximum Gasteiger partial charge on any atom is 0.356 e. The van der Waals surface area contributed by atoms with Gasteiger partial charge in [0.1, 0.15) is 5.82 Å². The third kappa shape index (κ3) is 1.45. The van der Waals surface area contributed by atoms with Crippen molar-refractivity contribution in [3.05, 3.63) is 17.8 Å². The molecule has 0 unspecified atom stereocenters. The summed E-state index contributed by atoms with van der Waals surface area (Å²) in [4.78, 5) is 14.3. The molecule has 0 fully saturated rings. The van der Waals surface area contributed by atoms with Gasteiger partial charge < -0.3 is 16.2 Å². The molecular formula is C7H9N3O2. The number of nitrogens with zero attached hydrogens (tertiary/aromatic N) is 1. The first-order chi connectivity index (χ1) is 5.65. The van der Waals surface area contributed by atoms with Gasteiger partial charge in [-0.1, -0.05) is 0 Å². The third-order valence-electron chi connectivity index (χ3n) is 1.39. The number of hydrogen-bond acceptors (Lipinski definition) is 4. The number of hydrogen-bond donors (Lipinski definition) is 3. The molecule has 5 heteroatoms. The molecule has 0 amide bonds. The predicted molar refractivity (Wildman–Crippen MR) is 45.2 cm³/mol. The van der Waals surface area contributed by atoms with Crippen LogP contribution in [0, 0.1) is 0 Å². The highest BCUT2D eigenvalue weighted by Crippen LogP contribution is 2.12. The molecule has 1 rings (SSSR count). The van der Waals surface area contributed by atoms with Crippen LogP contribution in [-0.4, -0.2) is 23.1 Å². The monoisotopic (exact) mass is 167 g/mol. The van der Waals surface area contributed by atoms with Crippen molar-refractivity contribution < 1.29 is 9.90 Å². The number of aromatic carboxylic acids is 1. The first-order valence-electron chi connectivity index (χ1n) is 3.32. The zero-order chi connectivity index (χ0) is 9.14. The lowest BCUT2D eigenvalue weighted by Crippen LogP contribution is -2.07. The maximum atomic E-state index is 10.5. The van der Waals surface area contributed by atoms with Crippen molar-refractivity contribution in [1.82, 2.24) is 4.98 Å². The Morgan fingerprint density at radius 2 is 2.33 bits per heavy atom. The Labute approximate surface area is 69.2 Å². The Balaban J connectivity index is 3.17. The summed E-state index contributed by atoms with van der Waals surface area (Å²) in [6.45, 7) is 0. The van der Waals surface area contributed by atoms with Gasteiger partial charge in [-0.15, -0.1) is 0 Å². The molecule has 0 radical (unpaired) electrons. The molecule has 0 spiro atoms. The number of carboxylic acid groups (broad SMARTS) is 1. The van der Waals surface area contributed by atoms with Crippen molar-refractivity contribution in [3.63, 3.8) is 0 Å². The van der Waals surface area contributed by atoms with Gasteiger partial charge in [-0.3, -0.25) is 0 Å². The highest BCUT2D eigenvalue weighted by Gasteiger charge is 2.09. The summed E-state index contributed by atoms with van der Waals surface area (Å²) in [6, 6.07) is 3.12. The van der Waals surface area contributed by atoms with Crippen LogP contribution in [-0.2, 0) is 0 Å². The minimum absolute atomic E-state index is 0.123. The topological polar surface area (TPSA) is 88.2 Å². The van der Waals surface area contributed by atoms with Crippen molar-refractivity contribution in [2.24, 2.45) is 0 Å². The van der Waals surface area contributed by atoms with E-state index in [2.05, 4.69) is 10.3 Å². The molecule has 1 aromatic heterocycles. The zero-order valence-electron chi connectivity index (χ0n) is 6.53. The second kappa shape index (κ2) is 3.08. The molecular weight excluding hydrogens is 158 g/mol. The second-order valence-electron chi connectivity index (χ2n) is 2.19. The summed E-state index contributed by atoms with van der Waals surface area (Å²) < 4.78 is 0. The molecule has 1 aromatic rings. The molecule has 0 bridgehead atoms. The van der Waals surface area contributed by atoms with E-state index in [9.17, 15) is 4.79 Å². The van der Waals surface area contributed by atoms with Crippen molar-refractivity contribution in [2.45, 2.75) is 0 Å². The molecule has 0 aliphatic carbocycles. The number of anilines is 2. The molecule has 0 aliphatic heterocycles. The fourth-order valence-corrected chi connectivity index (χ4v) is 0.780. The number of aromatic nitrogens is 1. The fraction of sp³-hybridized carbons (Fsp3) is 0.143. The Morgan fingerprint density at radius 3 is 2.83 bits per heavy atom. The van der Waals surface area contributed by atoms with Crippen molar-refractivity contribution in [3.8, 4) is 0 Å². The smallest absolute Gasteiger partial charge is 0.356 e. The number of carbonyl (C=O) groups is 1. The Bertz CT molecular complexity index is 312. The molecule has 1 heterocycles. The van der Waals surface area contributed by atoms with E-state index < -0.39 is 5.97 Å². The van der Waals surface area contributed by atoms with Gasteiger partial charge in [-0.05, 0) is 12.1 Å². The largest absolute Gasteiger partial charge is 0.476 e. The molecule has 4 N–H and O–H groups in total. The van der Waals surface area contributed by atoms with E-state index in [-0.39, 0.29) is 11.4 Å². The standard InChI is InChI=1S/C7H9N3O2/c1-9-5-3-2-4(8)6(10-5)7(11)12/h2-3H,8H2,1H3,(H,9,10)(H,11,12). The van der Waals surface area contributed by atoms with Crippen LogP contribution >= 0.6 is 0 Å².